The molecule has 5 heteroatoms. The van der Waals surface area contributed by atoms with Crippen LogP contribution in [0.4, 0.5) is 4.39 Å². The molecule has 3 nitrogen and oxygen atoms in total. The number of pyridine rings is 1. The van der Waals surface area contributed by atoms with E-state index in [1.165, 1.54) is 25.1 Å². The Morgan fingerprint density at radius 3 is 2.94 bits per heavy atom. The summed E-state index contributed by atoms with van der Waals surface area (Å²) >= 11 is 1.78. The minimum absolute atomic E-state index is 0.0856. The predicted molar refractivity (Wildman–Crippen MR) is 71.2 cm³/mol. The lowest BCUT2D eigenvalue weighted by atomic mass is 10.1. The summed E-state index contributed by atoms with van der Waals surface area (Å²) in [4.78, 5) is 15.6. The number of aromatic nitrogens is 1. The van der Waals surface area contributed by atoms with Gasteiger partial charge in [-0.05, 0) is 47.4 Å². The van der Waals surface area contributed by atoms with Gasteiger partial charge in [-0.3, -0.25) is 4.79 Å². The summed E-state index contributed by atoms with van der Waals surface area (Å²) in [6, 6.07) is 1.42. The second kappa shape index (κ2) is 5.75. The smallest absolute Gasteiger partial charge is 0.254 e. The van der Waals surface area contributed by atoms with Crippen molar-refractivity contribution < 1.29 is 9.18 Å². The van der Waals surface area contributed by atoms with Crippen molar-refractivity contribution in [3.8, 4) is 0 Å². The maximum atomic E-state index is 13.6. The Bertz CT molecular complexity index is 419. The number of carbonyl (C=O) groups excluding carboxylic acids is 1. The van der Waals surface area contributed by atoms with Gasteiger partial charge in [0.15, 0.2) is 5.82 Å². The molecule has 0 radical (unpaired) electrons. The number of carbonyl (C=O) groups is 1. The van der Waals surface area contributed by atoms with Crippen molar-refractivity contribution in [2.24, 2.45) is 5.92 Å². The van der Waals surface area contributed by atoms with E-state index in [9.17, 15) is 9.18 Å². The third-order valence-corrected chi connectivity index (χ3v) is 3.87. The Morgan fingerprint density at radius 2 is 2.24 bits per heavy atom. The molecule has 0 unspecified atom stereocenters. The van der Waals surface area contributed by atoms with Gasteiger partial charge < -0.3 is 5.32 Å². The largest absolute Gasteiger partial charge is 0.352 e. The molecule has 0 atom stereocenters. The van der Waals surface area contributed by atoms with Crippen LogP contribution in [0, 0.1) is 15.4 Å². The number of nitrogens with zero attached hydrogens (tertiary/aromatic N) is 1. The SMILES string of the molecule is O=C(NCC1CCCC1)c1ccnc(I)c1F. The monoisotopic (exact) mass is 348 g/mol. The molecule has 1 aromatic rings. The van der Waals surface area contributed by atoms with E-state index in [1.807, 2.05) is 0 Å². The lowest BCUT2D eigenvalue weighted by Gasteiger charge is -2.11. The summed E-state index contributed by atoms with van der Waals surface area (Å²) in [5.41, 5.74) is 0.0856. The summed E-state index contributed by atoms with van der Waals surface area (Å²) in [5, 5.41) is 2.80. The van der Waals surface area contributed by atoms with Gasteiger partial charge in [0, 0.05) is 12.7 Å². The van der Waals surface area contributed by atoms with Gasteiger partial charge in [-0.1, -0.05) is 12.8 Å². The van der Waals surface area contributed by atoms with Crippen LogP contribution < -0.4 is 5.32 Å². The van der Waals surface area contributed by atoms with Gasteiger partial charge in [-0.25, -0.2) is 9.37 Å². The summed E-state index contributed by atoms with van der Waals surface area (Å²) in [6.45, 7) is 0.650. The quantitative estimate of drug-likeness (QED) is 0.674. The Hall–Kier alpha value is -0.720. The Kier molecular flexibility index (Phi) is 4.31. The molecule has 0 bridgehead atoms. The molecular formula is C12H14FIN2O. The zero-order valence-corrected chi connectivity index (χ0v) is 11.5. The highest BCUT2D eigenvalue weighted by atomic mass is 127. The third kappa shape index (κ3) is 3.14. The number of nitrogens with one attached hydrogen (secondary N) is 1. The van der Waals surface area contributed by atoms with E-state index in [0.717, 1.165) is 12.8 Å². The first-order chi connectivity index (χ1) is 8.18. The van der Waals surface area contributed by atoms with Crippen LogP contribution in [0.1, 0.15) is 36.0 Å². The topological polar surface area (TPSA) is 42.0 Å². The van der Waals surface area contributed by atoms with E-state index in [4.69, 9.17) is 0 Å². The molecule has 1 heterocycles. The minimum Gasteiger partial charge on any atom is -0.352 e. The fraction of sp³-hybridized carbons (Fsp3) is 0.500. The molecule has 1 saturated carbocycles. The lowest BCUT2D eigenvalue weighted by molar-refractivity contribution is 0.0943. The van der Waals surface area contributed by atoms with Crippen molar-refractivity contribution in [2.45, 2.75) is 25.7 Å². The molecule has 1 aliphatic rings. The molecule has 1 fully saturated rings. The maximum Gasteiger partial charge on any atom is 0.254 e. The zero-order chi connectivity index (χ0) is 12.3. The summed E-state index contributed by atoms with van der Waals surface area (Å²) in [6.07, 6.45) is 6.26. The molecule has 1 N–H and O–H groups in total. The Labute approximate surface area is 113 Å². The Balaban J connectivity index is 1.97. The molecule has 1 amide bonds. The van der Waals surface area contributed by atoms with Crippen molar-refractivity contribution in [1.29, 1.82) is 0 Å². The fourth-order valence-electron chi connectivity index (χ4n) is 2.14. The summed E-state index contributed by atoms with van der Waals surface area (Å²) < 4.78 is 13.9. The normalized spacial score (nSPS) is 16.1. The maximum absolute atomic E-state index is 13.6. The van der Waals surface area contributed by atoms with E-state index in [0.29, 0.717) is 12.5 Å². The van der Waals surface area contributed by atoms with Crippen molar-refractivity contribution in [3.63, 3.8) is 0 Å². The molecule has 0 aliphatic heterocycles. The van der Waals surface area contributed by atoms with Crippen molar-refractivity contribution >= 4 is 28.5 Å². The first-order valence-electron chi connectivity index (χ1n) is 5.76. The number of hydrogen-bond donors (Lipinski definition) is 1. The highest BCUT2D eigenvalue weighted by Gasteiger charge is 2.18. The highest BCUT2D eigenvalue weighted by Crippen LogP contribution is 2.23. The van der Waals surface area contributed by atoms with E-state index >= 15 is 0 Å². The van der Waals surface area contributed by atoms with E-state index in [2.05, 4.69) is 10.3 Å². The zero-order valence-electron chi connectivity index (χ0n) is 9.38. The van der Waals surface area contributed by atoms with Crippen LogP contribution in [-0.2, 0) is 0 Å². The first-order valence-corrected chi connectivity index (χ1v) is 6.84. The summed E-state index contributed by atoms with van der Waals surface area (Å²) in [7, 11) is 0. The van der Waals surface area contributed by atoms with Crippen molar-refractivity contribution in [1.82, 2.24) is 10.3 Å². The molecule has 1 aliphatic carbocycles. The van der Waals surface area contributed by atoms with Gasteiger partial charge in [0.05, 0.1) is 5.56 Å². The molecule has 1 aromatic heterocycles. The minimum atomic E-state index is -0.531. The van der Waals surface area contributed by atoms with Crippen LogP contribution in [0.2, 0.25) is 0 Å². The van der Waals surface area contributed by atoms with Crippen LogP contribution >= 0.6 is 22.6 Å². The average Bonchev–Trinajstić information content (AvgIpc) is 2.82. The van der Waals surface area contributed by atoms with Gasteiger partial charge in [0.25, 0.3) is 5.91 Å². The Morgan fingerprint density at radius 1 is 1.53 bits per heavy atom. The molecule has 0 aromatic carbocycles. The lowest BCUT2D eigenvalue weighted by Crippen LogP contribution is -2.29. The van der Waals surface area contributed by atoms with Crippen LogP contribution in [0.3, 0.4) is 0 Å². The number of amides is 1. The number of rotatable bonds is 3. The average molecular weight is 348 g/mol. The van der Waals surface area contributed by atoms with Crippen LogP contribution in [0.25, 0.3) is 0 Å². The van der Waals surface area contributed by atoms with Crippen molar-refractivity contribution in [2.75, 3.05) is 6.54 Å². The molecular weight excluding hydrogens is 334 g/mol. The second-order valence-electron chi connectivity index (χ2n) is 4.32. The van der Waals surface area contributed by atoms with Crippen molar-refractivity contribution in [3.05, 3.63) is 27.3 Å². The predicted octanol–water partition coefficient (Wildman–Crippen LogP) is 2.75. The fourth-order valence-corrected chi connectivity index (χ4v) is 2.59. The van der Waals surface area contributed by atoms with Crippen LogP contribution in [-0.4, -0.2) is 17.4 Å². The van der Waals surface area contributed by atoms with E-state index < -0.39 is 5.82 Å². The second-order valence-corrected chi connectivity index (χ2v) is 5.35. The summed E-state index contributed by atoms with van der Waals surface area (Å²) in [5.74, 6) is -0.311. The van der Waals surface area contributed by atoms with E-state index in [1.54, 1.807) is 22.6 Å². The van der Waals surface area contributed by atoms with Gasteiger partial charge in [-0.15, -0.1) is 0 Å². The van der Waals surface area contributed by atoms with Gasteiger partial charge in [0.2, 0.25) is 0 Å². The molecule has 92 valence electrons. The third-order valence-electron chi connectivity index (χ3n) is 3.12. The number of halogens is 2. The van der Waals surface area contributed by atoms with Crippen LogP contribution in [0.5, 0.6) is 0 Å². The molecule has 0 spiro atoms. The number of hydrogen-bond acceptors (Lipinski definition) is 2. The highest BCUT2D eigenvalue weighted by molar-refractivity contribution is 14.1. The first kappa shape index (κ1) is 12.7. The van der Waals surface area contributed by atoms with Gasteiger partial charge in [-0.2, -0.15) is 0 Å². The standard InChI is InChI=1S/C12H14FIN2O/c13-10-9(5-6-15-11(10)14)12(17)16-7-8-3-1-2-4-8/h5-6,8H,1-4,7H2,(H,16,17). The molecule has 17 heavy (non-hydrogen) atoms. The molecule has 0 saturated heterocycles. The van der Waals surface area contributed by atoms with E-state index in [-0.39, 0.29) is 15.2 Å². The van der Waals surface area contributed by atoms with Crippen LogP contribution in [0.15, 0.2) is 12.3 Å². The van der Waals surface area contributed by atoms with Gasteiger partial charge in [0.1, 0.15) is 3.70 Å². The van der Waals surface area contributed by atoms with Gasteiger partial charge >= 0.3 is 0 Å². The molecule has 2 rings (SSSR count).